The first-order valence-corrected chi connectivity index (χ1v) is 8.44. The average molecular weight is 280 g/mol. The maximum Gasteiger partial charge on any atom is 0.113 e. The summed E-state index contributed by atoms with van der Waals surface area (Å²) in [5.41, 5.74) is 1.44. The summed E-state index contributed by atoms with van der Waals surface area (Å²) in [5, 5.41) is 7.20. The van der Waals surface area contributed by atoms with E-state index in [4.69, 9.17) is 4.98 Å². The van der Waals surface area contributed by atoms with Crippen LogP contribution in [0.25, 0.3) is 0 Å². The van der Waals surface area contributed by atoms with E-state index in [9.17, 15) is 0 Å². The first-order valence-electron chi connectivity index (χ1n) is 7.56. The van der Waals surface area contributed by atoms with Crippen molar-refractivity contribution in [3.05, 3.63) is 16.1 Å². The molecule has 3 heteroatoms. The number of aromatic nitrogens is 1. The van der Waals surface area contributed by atoms with Crippen molar-refractivity contribution in [1.29, 1.82) is 0 Å². The molecule has 1 heterocycles. The molecule has 1 aliphatic rings. The highest BCUT2D eigenvalue weighted by atomic mass is 32.1. The Morgan fingerprint density at radius 1 is 1.32 bits per heavy atom. The molecule has 0 aliphatic heterocycles. The van der Waals surface area contributed by atoms with Gasteiger partial charge in [-0.2, -0.15) is 0 Å². The zero-order valence-corrected chi connectivity index (χ0v) is 13.9. The summed E-state index contributed by atoms with van der Waals surface area (Å²) in [6.45, 7) is 12.2. The fourth-order valence-electron chi connectivity index (χ4n) is 2.77. The first kappa shape index (κ1) is 15.0. The van der Waals surface area contributed by atoms with E-state index in [0.29, 0.717) is 0 Å². The number of rotatable bonds is 5. The van der Waals surface area contributed by atoms with E-state index >= 15 is 0 Å². The van der Waals surface area contributed by atoms with E-state index in [0.717, 1.165) is 12.5 Å². The minimum absolute atomic E-state index is 0.0635. The Kier molecular flexibility index (Phi) is 4.36. The number of thiazole rings is 1. The average Bonchev–Trinajstić information content (AvgIpc) is 2.73. The smallest absolute Gasteiger partial charge is 0.113 e. The van der Waals surface area contributed by atoms with Crippen molar-refractivity contribution >= 4 is 11.3 Å². The molecule has 108 valence electrons. The normalized spacial score (nSPS) is 20.1. The summed E-state index contributed by atoms with van der Waals surface area (Å²) in [4.78, 5) is 4.94. The predicted octanol–water partition coefficient (Wildman–Crippen LogP) is 4.46. The molecule has 1 aliphatic carbocycles. The van der Waals surface area contributed by atoms with Gasteiger partial charge < -0.3 is 5.32 Å². The Morgan fingerprint density at radius 2 is 2.00 bits per heavy atom. The van der Waals surface area contributed by atoms with Crippen LogP contribution in [0.2, 0.25) is 0 Å². The number of nitrogens with zero attached hydrogens (tertiary/aromatic N) is 1. The molecular formula is C16H28N2S. The molecule has 1 fully saturated rings. The van der Waals surface area contributed by atoms with Gasteiger partial charge in [-0.25, -0.2) is 4.98 Å². The molecule has 1 unspecified atom stereocenters. The van der Waals surface area contributed by atoms with Gasteiger partial charge in [0, 0.05) is 10.8 Å². The highest BCUT2D eigenvalue weighted by Gasteiger charge is 2.34. The van der Waals surface area contributed by atoms with Crippen LogP contribution in [0.1, 0.15) is 71.0 Å². The van der Waals surface area contributed by atoms with Crippen LogP contribution in [0, 0.1) is 5.92 Å². The van der Waals surface area contributed by atoms with Crippen LogP contribution < -0.4 is 5.32 Å². The topological polar surface area (TPSA) is 24.9 Å². The van der Waals surface area contributed by atoms with E-state index in [1.54, 1.807) is 0 Å². The SMILES string of the molecule is CCNC(C)(CC1CCC1)c1nc(C(C)(C)C)cs1. The van der Waals surface area contributed by atoms with Crippen molar-refractivity contribution in [3.63, 3.8) is 0 Å². The molecule has 1 aromatic heterocycles. The van der Waals surface area contributed by atoms with E-state index < -0.39 is 0 Å². The third kappa shape index (κ3) is 3.38. The van der Waals surface area contributed by atoms with Crippen LogP contribution in [-0.4, -0.2) is 11.5 Å². The monoisotopic (exact) mass is 280 g/mol. The second kappa shape index (κ2) is 5.53. The lowest BCUT2D eigenvalue weighted by atomic mass is 9.76. The van der Waals surface area contributed by atoms with Crippen molar-refractivity contribution < 1.29 is 0 Å². The molecule has 19 heavy (non-hydrogen) atoms. The van der Waals surface area contributed by atoms with Crippen LogP contribution in [0.4, 0.5) is 0 Å². The molecule has 0 radical (unpaired) electrons. The van der Waals surface area contributed by atoms with Crippen molar-refractivity contribution in [2.75, 3.05) is 6.54 Å². The maximum atomic E-state index is 4.94. The van der Waals surface area contributed by atoms with Crippen LogP contribution >= 0.6 is 11.3 Å². The number of nitrogens with one attached hydrogen (secondary N) is 1. The summed E-state index contributed by atoms with van der Waals surface area (Å²) in [6, 6.07) is 0. The van der Waals surface area contributed by atoms with Crippen LogP contribution in [0.15, 0.2) is 5.38 Å². The molecule has 1 N–H and O–H groups in total. The lowest BCUT2D eigenvalue weighted by molar-refractivity contribution is 0.205. The van der Waals surface area contributed by atoms with Gasteiger partial charge in [0.15, 0.2) is 0 Å². The lowest BCUT2D eigenvalue weighted by Crippen LogP contribution is -2.42. The Bertz CT molecular complexity index is 415. The van der Waals surface area contributed by atoms with Crippen molar-refractivity contribution in [2.24, 2.45) is 5.92 Å². The molecule has 2 rings (SSSR count). The molecule has 0 saturated heterocycles. The van der Waals surface area contributed by atoms with Crippen LogP contribution in [0.3, 0.4) is 0 Å². The molecule has 0 bridgehead atoms. The van der Waals surface area contributed by atoms with Gasteiger partial charge in [0.05, 0.1) is 11.2 Å². The van der Waals surface area contributed by atoms with Gasteiger partial charge in [0.1, 0.15) is 5.01 Å². The number of hydrogen-bond donors (Lipinski definition) is 1. The Balaban J connectivity index is 2.19. The van der Waals surface area contributed by atoms with Gasteiger partial charge in [-0.05, 0) is 25.8 Å². The van der Waals surface area contributed by atoms with Gasteiger partial charge in [-0.3, -0.25) is 0 Å². The van der Waals surface area contributed by atoms with Gasteiger partial charge in [0.25, 0.3) is 0 Å². The molecule has 2 nitrogen and oxygen atoms in total. The molecule has 0 aromatic carbocycles. The zero-order chi connectivity index (χ0) is 14.1. The van der Waals surface area contributed by atoms with Gasteiger partial charge in [-0.15, -0.1) is 11.3 Å². The second-order valence-electron chi connectivity index (χ2n) is 7.15. The fourth-order valence-corrected chi connectivity index (χ4v) is 3.97. The Morgan fingerprint density at radius 3 is 2.42 bits per heavy atom. The summed E-state index contributed by atoms with van der Waals surface area (Å²) in [7, 11) is 0. The van der Waals surface area contributed by atoms with Crippen LogP contribution in [0.5, 0.6) is 0 Å². The molecule has 0 spiro atoms. The second-order valence-corrected chi connectivity index (χ2v) is 8.01. The third-order valence-electron chi connectivity index (χ3n) is 4.23. The predicted molar refractivity (Wildman–Crippen MR) is 83.8 cm³/mol. The van der Waals surface area contributed by atoms with E-state index in [1.807, 2.05) is 11.3 Å². The van der Waals surface area contributed by atoms with Crippen molar-refractivity contribution in [2.45, 2.75) is 71.3 Å². The minimum Gasteiger partial charge on any atom is -0.306 e. The Hall–Kier alpha value is -0.410. The highest BCUT2D eigenvalue weighted by Crippen LogP contribution is 2.39. The summed E-state index contributed by atoms with van der Waals surface area (Å²) in [5.74, 6) is 0.894. The summed E-state index contributed by atoms with van der Waals surface area (Å²) in [6.07, 6.45) is 5.45. The van der Waals surface area contributed by atoms with Crippen molar-refractivity contribution in [3.8, 4) is 0 Å². The largest absolute Gasteiger partial charge is 0.306 e. The minimum atomic E-state index is 0.0635. The lowest BCUT2D eigenvalue weighted by Gasteiger charge is -2.36. The standard InChI is InChI=1S/C16H28N2S/c1-6-17-16(5,10-12-8-7-9-12)14-18-13(11-19-14)15(2,3)4/h11-12,17H,6-10H2,1-5H3. The molecule has 1 saturated carbocycles. The van der Waals surface area contributed by atoms with Crippen LogP contribution in [-0.2, 0) is 11.0 Å². The maximum absolute atomic E-state index is 4.94. The van der Waals surface area contributed by atoms with Gasteiger partial charge in [-0.1, -0.05) is 47.0 Å². The summed E-state index contributed by atoms with van der Waals surface area (Å²) < 4.78 is 0. The fraction of sp³-hybridized carbons (Fsp3) is 0.812. The van der Waals surface area contributed by atoms with Gasteiger partial charge >= 0.3 is 0 Å². The van der Waals surface area contributed by atoms with Gasteiger partial charge in [0.2, 0.25) is 0 Å². The highest BCUT2D eigenvalue weighted by molar-refractivity contribution is 7.09. The first-order chi connectivity index (χ1) is 8.85. The van der Waals surface area contributed by atoms with E-state index in [-0.39, 0.29) is 11.0 Å². The molecule has 1 aromatic rings. The van der Waals surface area contributed by atoms with E-state index in [2.05, 4.69) is 45.3 Å². The molecule has 1 atom stereocenters. The summed E-state index contributed by atoms with van der Waals surface area (Å²) >= 11 is 1.83. The zero-order valence-electron chi connectivity index (χ0n) is 13.0. The van der Waals surface area contributed by atoms with Crippen molar-refractivity contribution in [1.82, 2.24) is 10.3 Å². The third-order valence-corrected chi connectivity index (χ3v) is 5.34. The van der Waals surface area contributed by atoms with E-state index in [1.165, 1.54) is 36.4 Å². The number of hydrogen-bond acceptors (Lipinski definition) is 3. The molecule has 0 amide bonds. The quantitative estimate of drug-likeness (QED) is 0.861. The molecular weight excluding hydrogens is 252 g/mol. The Labute approximate surface area is 122 Å².